The number of hydrogen-bond donors (Lipinski definition) is 0. The molecule has 3 heteroatoms. The molecule has 0 radical (unpaired) electrons. The molecule has 3 heterocycles. The van der Waals surface area contributed by atoms with E-state index in [4.69, 9.17) is 13.6 Å². The van der Waals surface area contributed by atoms with Crippen molar-refractivity contribution in [2.24, 2.45) is 0 Å². The van der Waals surface area contributed by atoms with E-state index in [9.17, 15) is 0 Å². The summed E-state index contributed by atoms with van der Waals surface area (Å²) in [5.74, 6) is 1.79. The predicted octanol–water partition coefficient (Wildman–Crippen LogP) is 12.9. The van der Waals surface area contributed by atoms with Crippen LogP contribution < -0.4 is 4.74 Å². The monoisotopic (exact) mass is 600 g/mol. The summed E-state index contributed by atoms with van der Waals surface area (Å²) in [6.07, 6.45) is 0. The molecule has 0 N–H and O–H groups in total. The molecular formula is C44H24O3. The van der Waals surface area contributed by atoms with Gasteiger partial charge in [-0.25, -0.2) is 0 Å². The molecule has 0 saturated carbocycles. The van der Waals surface area contributed by atoms with Gasteiger partial charge in [-0.1, -0.05) is 97.1 Å². The highest BCUT2D eigenvalue weighted by Crippen LogP contribution is 2.49. The first-order valence-corrected chi connectivity index (χ1v) is 15.9. The first kappa shape index (κ1) is 24.9. The summed E-state index contributed by atoms with van der Waals surface area (Å²) in [7, 11) is 0. The van der Waals surface area contributed by atoms with Gasteiger partial charge in [-0.3, -0.25) is 0 Å². The highest BCUT2D eigenvalue weighted by Gasteiger charge is 2.22. The Hall–Kier alpha value is -6.32. The first-order chi connectivity index (χ1) is 23.3. The molecule has 11 rings (SSSR count). The Morgan fingerprint density at radius 1 is 0.319 bits per heavy atom. The molecule has 0 unspecified atom stereocenters. The average molecular weight is 601 g/mol. The van der Waals surface area contributed by atoms with Crippen LogP contribution in [0.25, 0.3) is 98.8 Å². The van der Waals surface area contributed by atoms with E-state index in [-0.39, 0.29) is 0 Å². The van der Waals surface area contributed by atoms with Crippen LogP contribution in [0.2, 0.25) is 0 Å². The Kier molecular flexibility index (Phi) is 4.84. The maximum atomic E-state index is 6.62. The summed E-state index contributed by atoms with van der Waals surface area (Å²) < 4.78 is 19.3. The average Bonchev–Trinajstić information content (AvgIpc) is 3.70. The summed E-state index contributed by atoms with van der Waals surface area (Å²) in [4.78, 5) is 0. The Morgan fingerprint density at radius 3 is 1.89 bits per heavy atom. The van der Waals surface area contributed by atoms with Gasteiger partial charge in [-0.05, 0) is 92.5 Å². The quantitative estimate of drug-likeness (QED) is 0.198. The molecule has 2 aromatic heterocycles. The smallest absolute Gasteiger partial charge is 0.136 e. The van der Waals surface area contributed by atoms with Gasteiger partial charge in [0, 0.05) is 32.5 Å². The second-order valence-corrected chi connectivity index (χ2v) is 12.4. The highest BCUT2D eigenvalue weighted by molar-refractivity contribution is 6.23. The summed E-state index contributed by atoms with van der Waals surface area (Å²) in [6, 6.07) is 51.2. The fraction of sp³-hybridized carbons (Fsp3) is 0. The van der Waals surface area contributed by atoms with Crippen LogP contribution >= 0.6 is 0 Å². The van der Waals surface area contributed by atoms with E-state index in [0.29, 0.717) is 0 Å². The second-order valence-electron chi connectivity index (χ2n) is 12.4. The molecule has 1 aliphatic rings. The molecule has 1 aliphatic heterocycles. The van der Waals surface area contributed by atoms with Crippen molar-refractivity contribution in [3.05, 3.63) is 146 Å². The molecule has 0 aliphatic carbocycles. The normalized spacial score (nSPS) is 12.4. The van der Waals surface area contributed by atoms with Crippen LogP contribution in [0.4, 0.5) is 0 Å². The summed E-state index contributed by atoms with van der Waals surface area (Å²) in [5, 5.41) is 9.20. The van der Waals surface area contributed by atoms with Crippen molar-refractivity contribution in [2.45, 2.75) is 0 Å². The molecule has 0 bridgehead atoms. The third-order valence-electron chi connectivity index (χ3n) is 9.88. The maximum Gasteiger partial charge on any atom is 0.136 e. The zero-order chi connectivity index (χ0) is 30.6. The van der Waals surface area contributed by atoms with E-state index < -0.39 is 0 Å². The van der Waals surface area contributed by atoms with Gasteiger partial charge in [0.05, 0.1) is 0 Å². The largest absolute Gasteiger partial charge is 0.456 e. The predicted molar refractivity (Wildman–Crippen MR) is 192 cm³/mol. The zero-order valence-electron chi connectivity index (χ0n) is 25.1. The second kappa shape index (κ2) is 9.12. The molecule has 0 fully saturated rings. The van der Waals surface area contributed by atoms with Gasteiger partial charge >= 0.3 is 0 Å². The van der Waals surface area contributed by atoms with Crippen LogP contribution in [-0.4, -0.2) is 0 Å². The van der Waals surface area contributed by atoms with Gasteiger partial charge in [0.1, 0.15) is 33.8 Å². The van der Waals surface area contributed by atoms with Crippen LogP contribution in [-0.2, 0) is 0 Å². The number of rotatable bonds is 2. The number of hydrogen-bond acceptors (Lipinski definition) is 3. The van der Waals surface area contributed by atoms with Gasteiger partial charge in [0.15, 0.2) is 0 Å². The van der Waals surface area contributed by atoms with Gasteiger partial charge in [0.2, 0.25) is 0 Å². The summed E-state index contributed by atoms with van der Waals surface area (Å²) in [6.45, 7) is 0. The molecule has 218 valence electrons. The van der Waals surface area contributed by atoms with Gasteiger partial charge < -0.3 is 13.6 Å². The SMILES string of the molecule is c1ccc2c(c1)Oc1ccc(-c3ccc4c(c3)oc3cc(-c5cccc6oc7ccc8ccccc8c7c56)ccc34)c3cccc-2c13. The van der Waals surface area contributed by atoms with Crippen molar-refractivity contribution < 1.29 is 13.6 Å². The van der Waals surface area contributed by atoms with E-state index in [1.54, 1.807) is 0 Å². The van der Waals surface area contributed by atoms with Gasteiger partial charge in [0.25, 0.3) is 0 Å². The Bertz CT molecular complexity index is 2940. The number of furan rings is 2. The lowest BCUT2D eigenvalue weighted by Gasteiger charge is -2.22. The van der Waals surface area contributed by atoms with Gasteiger partial charge in [-0.2, -0.15) is 0 Å². The van der Waals surface area contributed by atoms with Crippen molar-refractivity contribution in [3.8, 4) is 44.9 Å². The Labute approximate surface area is 268 Å². The lowest BCUT2D eigenvalue weighted by atomic mass is 9.90. The molecule has 0 spiro atoms. The molecule has 3 nitrogen and oxygen atoms in total. The van der Waals surface area contributed by atoms with Crippen molar-refractivity contribution in [3.63, 3.8) is 0 Å². The molecule has 0 atom stereocenters. The highest BCUT2D eigenvalue weighted by atomic mass is 16.5. The third kappa shape index (κ3) is 3.46. The zero-order valence-corrected chi connectivity index (χ0v) is 25.1. The minimum absolute atomic E-state index is 0.867. The van der Waals surface area contributed by atoms with Crippen LogP contribution in [0.15, 0.2) is 154 Å². The van der Waals surface area contributed by atoms with E-state index in [1.165, 1.54) is 21.7 Å². The molecule has 47 heavy (non-hydrogen) atoms. The first-order valence-electron chi connectivity index (χ1n) is 15.9. The lowest BCUT2D eigenvalue weighted by Crippen LogP contribution is -1.97. The van der Waals surface area contributed by atoms with Crippen molar-refractivity contribution >= 4 is 65.4 Å². The third-order valence-corrected chi connectivity index (χ3v) is 9.88. The van der Waals surface area contributed by atoms with Crippen LogP contribution in [0.3, 0.4) is 0 Å². The molecule has 0 saturated heterocycles. The number of benzene rings is 8. The Balaban J connectivity index is 1.08. The summed E-state index contributed by atoms with van der Waals surface area (Å²) in [5.41, 5.74) is 10.3. The number of fused-ring (bicyclic) bond motifs is 10. The van der Waals surface area contributed by atoms with Crippen LogP contribution in [0.5, 0.6) is 11.5 Å². The molecule has 8 aromatic carbocycles. The van der Waals surface area contributed by atoms with Crippen LogP contribution in [0.1, 0.15) is 0 Å². The fourth-order valence-corrected chi connectivity index (χ4v) is 7.77. The number of ether oxygens (including phenoxy) is 1. The van der Waals surface area contributed by atoms with Crippen molar-refractivity contribution in [1.82, 2.24) is 0 Å². The fourth-order valence-electron chi connectivity index (χ4n) is 7.77. The molecule has 0 amide bonds. The van der Waals surface area contributed by atoms with Crippen molar-refractivity contribution in [2.75, 3.05) is 0 Å². The van der Waals surface area contributed by atoms with E-state index in [0.717, 1.165) is 88.6 Å². The molecule has 10 aromatic rings. The van der Waals surface area contributed by atoms with Gasteiger partial charge in [-0.15, -0.1) is 0 Å². The van der Waals surface area contributed by atoms with Crippen molar-refractivity contribution in [1.29, 1.82) is 0 Å². The number of para-hydroxylation sites is 1. The topological polar surface area (TPSA) is 35.5 Å². The maximum absolute atomic E-state index is 6.62. The standard InChI is InChI=1S/C44H24O3/c1-2-8-29-25(7-1)17-21-39-43(29)44-30(10-6-14-37(44)46-39)27-16-19-33-32-18-15-26(23-40(32)47-41(33)24-27)28-20-22-38-42-34(28)11-5-12-35(42)31-9-3-4-13-36(31)45-38/h1-24H. The van der Waals surface area contributed by atoms with E-state index in [1.807, 2.05) is 12.1 Å². The Morgan fingerprint density at radius 2 is 1.00 bits per heavy atom. The minimum atomic E-state index is 0.867. The minimum Gasteiger partial charge on any atom is -0.456 e. The summed E-state index contributed by atoms with van der Waals surface area (Å²) >= 11 is 0. The van der Waals surface area contributed by atoms with Crippen LogP contribution in [0, 0.1) is 0 Å². The lowest BCUT2D eigenvalue weighted by molar-refractivity contribution is 0.487. The van der Waals surface area contributed by atoms with E-state index >= 15 is 0 Å². The molecular weight excluding hydrogens is 576 g/mol. The van der Waals surface area contributed by atoms with E-state index in [2.05, 4.69) is 133 Å².